The number of nitrogens with one attached hydrogen (secondary N) is 1. The first-order valence-electron chi connectivity index (χ1n) is 8.79. The molecule has 0 aliphatic rings. The number of hydrogen-bond donors (Lipinski definition) is 1. The van der Waals surface area contributed by atoms with Crippen LogP contribution in [0.5, 0.6) is 0 Å². The largest absolute Gasteiger partial charge is 0.301 e. The third kappa shape index (κ3) is 4.05. The summed E-state index contributed by atoms with van der Waals surface area (Å²) < 4.78 is 0. The highest BCUT2D eigenvalue weighted by atomic mass is 32.2. The molecule has 0 saturated carbocycles. The van der Waals surface area contributed by atoms with Gasteiger partial charge in [-0.05, 0) is 19.9 Å². The molecule has 2 aromatic heterocycles. The maximum atomic E-state index is 12.4. The van der Waals surface area contributed by atoms with E-state index in [0.717, 1.165) is 32.1 Å². The molecule has 0 radical (unpaired) electrons. The first kappa shape index (κ1) is 18.6. The topological polar surface area (TPSA) is 67.8 Å². The van der Waals surface area contributed by atoms with Crippen LogP contribution in [0.3, 0.4) is 0 Å². The maximum Gasteiger partial charge on any atom is 0.236 e. The molecule has 1 N–H and O–H groups in total. The lowest BCUT2D eigenvalue weighted by Gasteiger charge is -2.08. The number of thioether (sulfide) groups is 1. The SMILES string of the molecule is Cc1nc(NC(=O)CSc2nc(-c3ccccc3)nc3ccccc23)sc1C. The van der Waals surface area contributed by atoms with Gasteiger partial charge in [0.05, 0.1) is 17.0 Å². The number of hydrogen-bond acceptors (Lipinski definition) is 6. The van der Waals surface area contributed by atoms with Gasteiger partial charge in [-0.2, -0.15) is 0 Å². The smallest absolute Gasteiger partial charge is 0.236 e. The Hall–Kier alpha value is -2.77. The number of rotatable bonds is 5. The van der Waals surface area contributed by atoms with Gasteiger partial charge in [0.15, 0.2) is 11.0 Å². The Kier molecular flexibility index (Phi) is 5.36. The summed E-state index contributed by atoms with van der Waals surface area (Å²) in [5.41, 5.74) is 2.76. The van der Waals surface area contributed by atoms with E-state index in [1.54, 1.807) is 0 Å². The number of thiazole rings is 1. The Morgan fingerprint density at radius 1 is 1.00 bits per heavy atom. The van der Waals surface area contributed by atoms with Gasteiger partial charge in [0.1, 0.15) is 5.03 Å². The maximum absolute atomic E-state index is 12.4. The molecule has 0 atom stereocenters. The Morgan fingerprint density at radius 2 is 1.75 bits per heavy atom. The number of carbonyl (C=O) groups is 1. The molecule has 0 fully saturated rings. The zero-order valence-electron chi connectivity index (χ0n) is 15.5. The number of aryl methyl sites for hydroxylation is 2. The number of carbonyl (C=O) groups excluding carboxylic acids is 1. The van der Waals surface area contributed by atoms with Crippen molar-refractivity contribution in [2.75, 3.05) is 11.1 Å². The molecular formula is C21H18N4OS2. The van der Waals surface area contributed by atoms with Crippen molar-refractivity contribution in [2.24, 2.45) is 0 Å². The van der Waals surface area contributed by atoms with E-state index >= 15 is 0 Å². The van der Waals surface area contributed by atoms with Crippen LogP contribution in [-0.4, -0.2) is 26.6 Å². The highest BCUT2D eigenvalue weighted by Crippen LogP contribution is 2.29. The van der Waals surface area contributed by atoms with Gasteiger partial charge in [0, 0.05) is 15.8 Å². The van der Waals surface area contributed by atoms with Gasteiger partial charge in [-0.1, -0.05) is 60.3 Å². The Bertz CT molecular complexity index is 1120. The molecular weight excluding hydrogens is 388 g/mol. The van der Waals surface area contributed by atoms with Crippen molar-refractivity contribution < 1.29 is 4.79 Å². The standard InChI is InChI=1S/C21H18N4OS2/c1-13-14(2)28-21(22-13)24-18(26)12-27-20-16-10-6-7-11-17(16)23-19(25-20)15-8-4-3-5-9-15/h3-11H,12H2,1-2H3,(H,22,24,26). The van der Waals surface area contributed by atoms with Crippen molar-refractivity contribution in [3.63, 3.8) is 0 Å². The number of para-hydroxylation sites is 1. The van der Waals surface area contributed by atoms with E-state index in [-0.39, 0.29) is 11.7 Å². The summed E-state index contributed by atoms with van der Waals surface area (Å²) in [7, 11) is 0. The predicted molar refractivity (Wildman–Crippen MR) is 116 cm³/mol. The Labute approximate surface area is 171 Å². The van der Waals surface area contributed by atoms with Gasteiger partial charge >= 0.3 is 0 Å². The summed E-state index contributed by atoms with van der Waals surface area (Å²) in [6.07, 6.45) is 0. The van der Waals surface area contributed by atoms with Crippen LogP contribution < -0.4 is 5.32 Å². The Morgan fingerprint density at radius 3 is 2.50 bits per heavy atom. The molecule has 4 aromatic rings. The van der Waals surface area contributed by atoms with Crippen molar-refractivity contribution >= 4 is 45.0 Å². The quantitative estimate of drug-likeness (QED) is 0.369. The van der Waals surface area contributed by atoms with E-state index < -0.39 is 0 Å². The van der Waals surface area contributed by atoms with Crippen LogP contribution in [0.15, 0.2) is 59.6 Å². The van der Waals surface area contributed by atoms with Crippen molar-refractivity contribution in [2.45, 2.75) is 18.9 Å². The number of fused-ring (bicyclic) bond motifs is 1. The van der Waals surface area contributed by atoms with Crippen LogP contribution in [0.25, 0.3) is 22.3 Å². The average molecular weight is 407 g/mol. The molecule has 0 saturated heterocycles. The van der Waals surface area contributed by atoms with Gasteiger partial charge in [-0.15, -0.1) is 11.3 Å². The molecule has 0 aliphatic carbocycles. The second kappa shape index (κ2) is 8.08. The van der Waals surface area contributed by atoms with Crippen molar-refractivity contribution in [1.82, 2.24) is 15.0 Å². The zero-order chi connectivity index (χ0) is 19.5. The van der Waals surface area contributed by atoms with Gasteiger partial charge < -0.3 is 5.32 Å². The van der Waals surface area contributed by atoms with Crippen molar-refractivity contribution in [3.8, 4) is 11.4 Å². The molecule has 0 aliphatic heterocycles. The normalized spacial score (nSPS) is 10.9. The monoisotopic (exact) mass is 406 g/mol. The molecule has 2 aromatic carbocycles. The summed E-state index contributed by atoms with van der Waals surface area (Å²) in [6.45, 7) is 3.93. The summed E-state index contributed by atoms with van der Waals surface area (Å²) in [6, 6.07) is 17.7. The molecule has 7 heteroatoms. The molecule has 2 heterocycles. The number of benzene rings is 2. The molecule has 28 heavy (non-hydrogen) atoms. The van der Waals surface area contributed by atoms with Gasteiger partial charge in [0.25, 0.3) is 0 Å². The molecule has 0 unspecified atom stereocenters. The van der Waals surface area contributed by atoms with Crippen LogP contribution in [-0.2, 0) is 4.79 Å². The van der Waals surface area contributed by atoms with Gasteiger partial charge in [-0.25, -0.2) is 15.0 Å². The molecule has 5 nitrogen and oxygen atoms in total. The molecule has 0 spiro atoms. The first-order chi connectivity index (χ1) is 13.6. The minimum absolute atomic E-state index is 0.0947. The van der Waals surface area contributed by atoms with Crippen LogP contribution in [0.2, 0.25) is 0 Å². The van der Waals surface area contributed by atoms with Gasteiger partial charge in [0.2, 0.25) is 5.91 Å². The number of aromatic nitrogens is 3. The van der Waals surface area contributed by atoms with Crippen molar-refractivity contribution in [1.29, 1.82) is 0 Å². The number of nitrogens with zero attached hydrogens (tertiary/aromatic N) is 3. The number of anilines is 1. The minimum Gasteiger partial charge on any atom is -0.301 e. The molecule has 1 amide bonds. The van der Waals surface area contributed by atoms with E-state index in [9.17, 15) is 4.79 Å². The number of amides is 1. The lowest BCUT2D eigenvalue weighted by atomic mass is 10.2. The fourth-order valence-electron chi connectivity index (χ4n) is 2.69. The minimum atomic E-state index is -0.0947. The summed E-state index contributed by atoms with van der Waals surface area (Å²) >= 11 is 2.90. The molecule has 140 valence electrons. The highest BCUT2D eigenvalue weighted by Gasteiger charge is 2.13. The highest BCUT2D eigenvalue weighted by molar-refractivity contribution is 8.00. The Balaban J connectivity index is 1.58. The van der Waals surface area contributed by atoms with Crippen LogP contribution >= 0.6 is 23.1 Å². The average Bonchev–Trinajstić information content (AvgIpc) is 3.03. The molecule has 4 rings (SSSR count). The van der Waals surface area contributed by atoms with E-state index in [2.05, 4.69) is 15.3 Å². The van der Waals surface area contributed by atoms with E-state index in [1.807, 2.05) is 68.4 Å². The van der Waals surface area contributed by atoms with E-state index in [0.29, 0.717) is 11.0 Å². The third-order valence-electron chi connectivity index (χ3n) is 4.22. The third-order valence-corrected chi connectivity index (χ3v) is 6.19. The van der Waals surface area contributed by atoms with Crippen molar-refractivity contribution in [3.05, 3.63) is 65.2 Å². The van der Waals surface area contributed by atoms with Crippen LogP contribution in [0.4, 0.5) is 5.13 Å². The van der Waals surface area contributed by atoms with E-state index in [1.165, 1.54) is 23.1 Å². The summed E-state index contributed by atoms with van der Waals surface area (Å²) in [5, 5.41) is 5.25. The lowest BCUT2D eigenvalue weighted by Crippen LogP contribution is -2.14. The summed E-state index contributed by atoms with van der Waals surface area (Å²) in [4.78, 5) is 27.3. The lowest BCUT2D eigenvalue weighted by molar-refractivity contribution is -0.113. The fraction of sp³-hybridized carbons (Fsp3) is 0.143. The zero-order valence-corrected chi connectivity index (χ0v) is 17.1. The predicted octanol–water partition coefficient (Wildman–Crippen LogP) is 5.10. The molecule has 0 bridgehead atoms. The summed E-state index contributed by atoms with van der Waals surface area (Å²) in [5.74, 6) is 0.823. The van der Waals surface area contributed by atoms with Crippen LogP contribution in [0.1, 0.15) is 10.6 Å². The second-order valence-electron chi connectivity index (χ2n) is 6.23. The van der Waals surface area contributed by atoms with Crippen LogP contribution in [0, 0.1) is 13.8 Å². The second-order valence-corrected chi connectivity index (χ2v) is 8.40. The fourth-order valence-corrected chi connectivity index (χ4v) is 4.34. The van der Waals surface area contributed by atoms with E-state index in [4.69, 9.17) is 4.98 Å². The first-order valence-corrected chi connectivity index (χ1v) is 10.6. The van der Waals surface area contributed by atoms with Gasteiger partial charge in [-0.3, -0.25) is 4.79 Å².